The highest BCUT2D eigenvalue weighted by molar-refractivity contribution is 6.31. The van der Waals surface area contributed by atoms with E-state index in [-0.39, 0.29) is 5.91 Å². The van der Waals surface area contributed by atoms with Crippen molar-refractivity contribution in [3.8, 4) is 5.75 Å². The number of rotatable bonds is 6. The number of carbonyl (C=O) groups excluding carboxylic acids is 1. The lowest BCUT2D eigenvalue weighted by Crippen LogP contribution is -2.32. The van der Waals surface area contributed by atoms with Gasteiger partial charge >= 0.3 is 0 Å². The summed E-state index contributed by atoms with van der Waals surface area (Å²) in [6, 6.07) is 22.4. The quantitative estimate of drug-likeness (QED) is 0.363. The summed E-state index contributed by atoms with van der Waals surface area (Å²) in [6.07, 6.45) is 1.47. The Kier molecular flexibility index (Phi) is 6.25. The van der Waals surface area contributed by atoms with Crippen molar-refractivity contribution < 1.29 is 9.53 Å². The number of nitrogens with zero attached hydrogens (tertiary/aromatic N) is 3. The molecule has 8 heteroatoms. The zero-order chi connectivity index (χ0) is 24.4. The summed E-state index contributed by atoms with van der Waals surface area (Å²) in [5.74, 6) is 0.965. The lowest BCUT2D eigenvalue weighted by atomic mass is 9.94. The lowest BCUT2D eigenvalue weighted by molar-refractivity contribution is -0.113. The maximum Gasteiger partial charge on any atom is 0.255 e. The molecule has 4 aromatic rings. The van der Waals surface area contributed by atoms with Gasteiger partial charge in [0.15, 0.2) is 0 Å². The zero-order valence-corrected chi connectivity index (χ0v) is 20.1. The van der Waals surface area contributed by atoms with Crippen LogP contribution in [0.25, 0.3) is 0 Å². The number of benzene rings is 3. The van der Waals surface area contributed by atoms with Crippen LogP contribution in [0.5, 0.6) is 5.75 Å². The Morgan fingerprint density at radius 2 is 1.80 bits per heavy atom. The van der Waals surface area contributed by atoms with Crippen LogP contribution < -0.4 is 15.4 Å². The average molecular weight is 486 g/mol. The van der Waals surface area contributed by atoms with Crippen molar-refractivity contribution in [3.63, 3.8) is 0 Å². The van der Waals surface area contributed by atoms with Crippen LogP contribution in [-0.2, 0) is 11.4 Å². The number of aryl methyl sites for hydroxylation is 1. The molecule has 0 saturated carbocycles. The van der Waals surface area contributed by atoms with Gasteiger partial charge in [0.1, 0.15) is 24.7 Å². The molecule has 35 heavy (non-hydrogen) atoms. The number of hydrogen-bond acceptors (Lipinski definition) is 5. The van der Waals surface area contributed by atoms with E-state index < -0.39 is 6.04 Å². The highest BCUT2D eigenvalue weighted by Gasteiger charge is 2.35. The van der Waals surface area contributed by atoms with Crippen LogP contribution in [0.15, 0.2) is 90.4 Å². The molecule has 1 aliphatic heterocycles. The van der Waals surface area contributed by atoms with Crippen LogP contribution in [0.1, 0.15) is 29.7 Å². The molecule has 2 heterocycles. The van der Waals surface area contributed by atoms with Crippen LogP contribution in [-0.4, -0.2) is 20.7 Å². The molecule has 0 aliphatic carbocycles. The minimum absolute atomic E-state index is 0.226. The van der Waals surface area contributed by atoms with E-state index in [1.807, 2.05) is 86.6 Å². The van der Waals surface area contributed by atoms with Gasteiger partial charge in [0.2, 0.25) is 5.95 Å². The summed E-state index contributed by atoms with van der Waals surface area (Å²) in [6.45, 7) is 4.12. The van der Waals surface area contributed by atoms with E-state index in [1.165, 1.54) is 6.33 Å². The molecule has 1 atom stereocenters. The third-order valence-corrected chi connectivity index (χ3v) is 6.36. The van der Waals surface area contributed by atoms with Crippen LogP contribution in [0.3, 0.4) is 0 Å². The Labute approximate surface area is 208 Å². The number of amides is 1. The Morgan fingerprint density at radius 3 is 2.63 bits per heavy atom. The van der Waals surface area contributed by atoms with E-state index in [2.05, 4.69) is 20.7 Å². The smallest absolute Gasteiger partial charge is 0.255 e. The highest BCUT2D eigenvalue weighted by atomic mass is 35.5. The first-order valence-corrected chi connectivity index (χ1v) is 11.6. The summed E-state index contributed by atoms with van der Waals surface area (Å²) in [4.78, 5) is 18.0. The van der Waals surface area contributed by atoms with E-state index in [9.17, 15) is 4.79 Å². The highest BCUT2D eigenvalue weighted by Crippen LogP contribution is 2.39. The SMILES string of the molecule is CC1=C(C(=O)Nc2ccccc2C)[C@H](c2ccccc2OCc2ccccc2Cl)n2ncnc2N1. The number of para-hydroxylation sites is 2. The third-order valence-electron chi connectivity index (χ3n) is 5.99. The predicted octanol–water partition coefficient (Wildman–Crippen LogP) is 5.75. The van der Waals surface area contributed by atoms with E-state index in [0.717, 1.165) is 22.4 Å². The topological polar surface area (TPSA) is 81.1 Å². The molecular weight excluding hydrogens is 462 g/mol. The maximum atomic E-state index is 13.7. The van der Waals surface area contributed by atoms with Crippen LogP contribution in [0.2, 0.25) is 5.02 Å². The molecule has 0 bridgehead atoms. The number of hydrogen-bond donors (Lipinski definition) is 2. The molecule has 1 aliphatic rings. The molecule has 1 amide bonds. The van der Waals surface area contributed by atoms with Crippen molar-refractivity contribution in [1.82, 2.24) is 14.8 Å². The first-order valence-electron chi connectivity index (χ1n) is 11.2. The van der Waals surface area contributed by atoms with Crippen molar-refractivity contribution in [2.75, 3.05) is 10.6 Å². The number of carbonyl (C=O) groups is 1. The lowest BCUT2D eigenvalue weighted by Gasteiger charge is -2.30. The second kappa shape index (κ2) is 9.64. The van der Waals surface area contributed by atoms with Gasteiger partial charge in [0.25, 0.3) is 5.91 Å². The standard InChI is InChI=1S/C27H24ClN5O2/c1-17-9-3-7-13-22(17)32-26(34)24-18(2)31-27-29-16-30-33(27)25(24)20-11-5-8-14-23(20)35-15-19-10-4-6-12-21(19)28/h3-14,16,25H,15H2,1-2H3,(H,32,34)(H,29,30,31)/t25-/m0/s1. The fraction of sp³-hybridized carbons (Fsp3) is 0.148. The molecule has 0 unspecified atom stereocenters. The largest absolute Gasteiger partial charge is 0.488 e. The van der Waals surface area contributed by atoms with E-state index >= 15 is 0 Å². The zero-order valence-electron chi connectivity index (χ0n) is 19.3. The van der Waals surface area contributed by atoms with Crippen LogP contribution in [0.4, 0.5) is 11.6 Å². The number of nitrogens with one attached hydrogen (secondary N) is 2. The van der Waals surface area contributed by atoms with E-state index in [0.29, 0.717) is 34.6 Å². The van der Waals surface area contributed by atoms with Crippen molar-refractivity contribution in [3.05, 3.63) is 112 Å². The van der Waals surface area contributed by atoms with Gasteiger partial charge in [0.05, 0.1) is 5.57 Å². The Hall–Kier alpha value is -4.10. The summed E-state index contributed by atoms with van der Waals surface area (Å²) >= 11 is 6.33. The van der Waals surface area contributed by atoms with Crippen molar-refractivity contribution >= 4 is 29.1 Å². The monoisotopic (exact) mass is 485 g/mol. The van der Waals surface area contributed by atoms with Gasteiger partial charge in [-0.2, -0.15) is 10.1 Å². The Morgan fingerprint density at radius 1 is 1.06 bits per heavy atom. The third kappa shape index (κ3) is 4.50. The molecule has 2 N–H and O–H groups in total. The fourth-order valence-electron chi connectivity index (χ4n) is 4.18. The molecule has 0 fully saturated rings. The number of halogens is 1. The minimum atomic E-state index is -0.541. The number of ether oxygens (including phenoxy) is 1. The fourth-order valence-corrected chi connectivity index (χ4v) is 4.37. The molecule has 3 aromatic carbocycles. The van der Waals surface area contributed by atoms with Crippen molar-refractivity contribution in [1.29, 1.82) is 0 Å². The van der Waals surface area contributed by atoms with Gasteiger partial charge in [-0.3, -0.25) is 4.79 Å². The molecule has 0 spiro atoms. The summed E-state index contributed by atoms with van der Waals surface area (Å²) in [5.41, 5.74) is 4.62. The molecule has 7 nitrogen and oxygen atoms in total. The second-order valence-electron chi connectivity index (χ2n) is 8.28. The molecule has 0 radical (unpaired) electrons. The summed E-state index contributed by atoms with van der Waals surface area (Å²) < 4.78 is 7.93. The van der Waals surface area contributed by atoms with Gasteiger partial charge in [-0.25, -0.2) is 4.68 Å². The van der Waals surface area contributed by atoms with Crippen LogP contribution >= 0.6 is 11.6 Å². The van der Waals surface area contributed by atoms with Gasteiger partial charge in [-0.05, 0) is 37.6 Å². The average Bonchev–Trinajstić information content (AvgIpc) is 3.32. The summed E-state index contributed by atoms with van der Waals surface area (Å²) in [7, 11) is 0. The van der Waals surface area contributed by atoms with E-state index in [4.69, 9.17) is 16.3 Å². The first-order chi connectivity index (χ1) is 17.0. The molecule has 5 rings (SSSR count). The summed E-state index contributed by atoms with van der Waals surface area (Å²) in [5, 5.41) is 11.3. The molecular formula is C27H24ClN5O2. The van der Waals surface area contributed by atoms with Gasteiger partial charge in [-0.1, -0.05) is 66.2 Å². The van der Waals surface area contributed by atoms with Crippen molar-refractivity contribution in [2.24, 2.45) is 0 Å². The van der Waals surface area contributed by atoms with Gasteiger partial charge < -0.3 is 15.4 Å². The number of aromatic nitrogens is 3. The molecule has 176 valence electrons. The Bertz CT molecular complexity index is 1430. The van der Waals surface area contributed by atoms with E-state index in [1.54, 1.807) is 4.68 Å². The number of anilines is 2. The predicted molar refractivity (Wildman–Crippen MR) is 137 cm³/mol. The first kappa shape index (κ1) is 22.7. The maximum absolute atomic E-state index is 13.7. The Balaban J connectivity index is 1.53. The van der Waals surface area contributed by atoms with Gasteiger partial charge in [0, 0.05) is 27.5 Å². The second-order valence-corrected chi connectivity index (χ2v) is 8.69. The van der Waals surface area contributed by atoms with Gasteiger partial charge in [-0.15, -0.1) is 0 Å². The number of fused-ring (bicyclic) bond motifs is 1. The normalized spacial score (nSPS) is 14.8. The van der Waals surface area contributed by atoms with Crippen LogP contribution in [0, 0.1) is 6.92 Å². The van der Waals surface area contributed by atoms with Crippen molar-refractivity contribution in [2.45, 2.75) is 26.5 Å². The minimum Gasteiger partial charge on any atom is -0.488 e. The number of allylic oxidation sites excluding steroid dienone is 1. The molecule has 0 saturated heterocycles. The molecule has 1 aromatic heterocycles.